The molecular weight excluding hydrogens is 597 g/mol. The van der Waals surface area contributed by atoms with Crippen molar-refractivity contribution in [2.45, 2.75) is 31.8 Å². The summed E-state index contributed by atoms with van der Waals surface area (Å²) >= 11 is 0. The van der Waals surface area contributed by atoms with Crippen LogP contribution in [0.5, 0.6) is 0 Å². The number of fused-ring (bicyclic) bond motifs is 6. The van der Waals surface area contributed by atoms with Crippen LogP contribution in [0.1, 0.15) is 17.7 Å². The first-order chi connectivity index (χ1) is 23.7. The second-order valence-electron chi connectivity index (χ2n) is 12.6. The lowest BCUT2D eigenvalue weighted by atomic mass is 9.91. The van der Waals surface area contributed by atoms with Gasteiger partial charge in [-0.3, -0.25) is 4.68 Å². The summed E-state index contributed by atoms with van der Waals surface area (Å²) in [6.07, 6.45) is 4.92. The van der Waals surface area contributed by atoms with E-state index in [9.17, 15) is 4.39 Å². The SMILES string of the molecule is Fc1ccc2[nH]c3c(NCCn4cnc(-c5ccc6c7c([nH]c6c5)CCC(Nc5ccccc5)C7)n4)c(-c4ccccc4)ccc3c2c1. The average Bonchev–Trinajstić information content (AvgIpc) is 3.84. The maximum Gasteiger partial charge on any atom is 0.181 e. The highest BCUT2D eigenvalue weighted by atomic mass is 19.1. The van der Waals surface area contributed by atoms with Gasteiger partial charge < -0.3 is 20.6 Å². The van der Waals surface area contributed by atoms with Gasteiger partial charge in [0, 0.05) is 62.3 Å². The Hall–Kier alpha value is -5.89. The number of nitrogens with zero attached hydrogens (tertiary/aromatic N) is 3. The highest BCUT2D eigenvalue weighted by Gasteiger charge is 2.23. The van der Waals surface area contributed by atoms with Crippen molar-refractivity contribution < 1.29 is 4.39 Å². The van der Waals surface area contributed by atoms with Crippen molar-refractivity contribution in [2.75, 3.05) is 17.2 Å². The number of aromatic nitrogens is 5. The van der Waals surface area contributed by atoms with Crippen molar-refractivity contribution in [2.24, 2.45) is 0 Å². The number of para-hydroxylation sites is 1. The van der Waals surface area contributed by atoms with Crippen LogP contribution >= 0.6 is 0 Å². The molecule has 8 aromatic rings. The number of H-pyrrole nitrogens is 2. The highest BCUT2D eigenvalue weighted by molar-refractivity contribution is 6.13. The summed E-state index contributed by atoms with van der Waals surface area (Å²) in [5.74, 6) is 0.463. The van der Waals surface area contributed by atoms with Crippen molar-refractivity contribution in [3.05, 3.63) is 133 Å². The van der Waals surface area contributed by atoms with Gasteiger partial charge in [0.15, 0.2) is 5.82 Å². The Bertz CT molecular complexity index is 2410. The Labute approximate surface area is 276 Å². The summed E-state index contributed by atoms with van der Waals surface area (Å²) in [7, 11) is 0. The van der Waals surface area contributed by atoms with E-state index in [4.69, 9.17) is 5.10 Å². The van der Waals surface area contributed by atoms with Crippen LogP contribution in [0.3, 0.4) is 0 Å². The lowest BCUT2D eigenvalue weighted by Crippen LogP contribution is -2.27. The third-order valence-corrected chi connectivity index (χ3v) is 9.59. The van der Waals surface area contributed by atoms with Crippen molar-refractivity contribution in [1.82, 2.24) is 24.7 Å². The molecule has 1 aliphatic carbocycles. The lowest BCUT2D eigenvalue weighted by molar-refractivity contribution is 0.607. The van der Waals surface area contributed by atoms with E-state index in [1.807, 2.05) is 22.9 Å². The molecule has 8 heteroatoms. The number of aromatic amines is 2. The summed E-state index contributed by atoms with van der Waals surface area (Å²) in [6, 6.07) is 36.8. The van der Waals surface area contributed by atoms with E-state index in [1.54, 1.807) is 18.5 Å². The number of anilines is 2. The smallest absolute Gasteiger partial charge is 0.181 e. The first-order valence-electron chi connectivity index (χ1n) is 16.5. The predicted octanol–water partition coefficient (Wildman–Crippen LogP) is 8.95. The van der Waals surface area contributed by atoms with Gasteiger partial charge in [-0.2, -0.15) is 5.10 Å². The Morgan fingerprint density at radius 2 is 1.62 bits per heavy atom. The number of aryl methyl sites for hydroxylation is 1. The van der Waals surface area contributed by atoms with Crippen LogP contribution in [0.25, 0.3) is 55.2 Å². The highest BCUT2D eigenvalue weighted by Crippen LogP contribution is 2.38. The van der Waals surface area contributed by atoms with Gasteiger partial charge in [0.05, 0.1) is 17.7 Å². The van der Waals surface area contributed by atoms with Gasteiger partial charge in [0.2, 0.25) is 0 Å². The van der Waals surface area contributed by atoms with Crippen LogP contribution in [0, 0.1) is 5.82 Å². The largest absolute Gasteiger partial charge is 0.382 e. The second-order valence-corrected chi connectivity index (χ2v) is 12.6. The molecular formula is C40H34FN7. The molecule has 5 aromatic carbocycles. The first-order valence-corrected chi connectivity index (χ1v) is 16.5. The monoisotopic (exact) mass is 631 g/mol. The van der Waals surface area contributed by atoms with Crippen molar-refractivity contribution in [3.63, 3.8) is 0 Å². The van der Waals surface area contributed by atoms with Gasteiger partial charge in [-0.25, -0.2) is 9.37 Å². The second kappa shape index (κ2) is 11.7. The normalized spacial score (nSPS) is 14.5. The van der Waals surface area contributed by atoms with Crippen LogP contribution in [0.15, 0.2) is 116 Å². The molecule has 0 radical (unpaired) electrons. The standard InChI is InChI=1S/C40H34FN7/c41-27-12-17-36-33(22-27)32-16-15-30(25-7-3-1-4-8-25)38(39(32)46-36)42-19-20-48-24-43-40(47-48)26-11-14-31-34-23-29(44-28-9-5-2-6-10-28)13-18-35(34)45-37(31)21-26/h1-12,14-17,21-22,24,29,42,44-46H,13,18-20,23H2. The Balaban J connectivity index is 0.941. The Kier molecular flexibility index (Phi) is 6.92. The number of rotatable bonds is 8. The molecule has 4 N–H and O–H groups in total. The first kappa shape index (κ1) is 28.3. The molecule has 1 unspecified atom stereocenters. The van der Waals surface area contributed by atoms with Gasteiger partial charge in [-0.1, -0.05) is 72.8 Å². The minimum absolute atomic E-state index is 0.244. The molecule has 0 spiro atoms. The quantitative estimate of drug-likeness (QED) is 0.135. The molecule has 3 aromatic heterocycles. The maximum absolute atomic E-state index is 14.2. The fourth-order valence-electron chi connectivity index (χ4n) is 7.27. The van der Waals surface area contributed by atoms with E-state index < -0.39 is 0 Å². The topological polar surface area (TPSA) is 86.3 Å². The zero-order chi connectivity index (χ0) is 32.0. The molecule has 0 fully saturated rings. The molecule has 1 aliphatic rings. The predicted molar refractivity (Wildman–Crippen MR) is 193 cm³/mol. The minimum atomic E-state index is -0.244. The third kappa shape index (κ3) is 5.15. The summed E-state index contributed by atoms with van der Waals surface area (Å²) in [5, 5.41) is 15.4. The van der Waals surface area contributed by atoms with Crippen LogP contribution in [0.2, 0.25) is 0 Å². The number of hydrogen-bond donors (Lipinski definition) is 4. The fraction of sp³-hybridized carbons (Fsp3) is 0.150. The molecule has 0 bridgehead atoms. The summed E-state index contributed by atoms with van der Waals surface area (Å²) in [5.41, 5.74) is 11.1. The van der Waals surface area contributed by atoms with Crippen molar-refractivity contribution in [3.8, 4) is 22.5 Å². The molecule has 0 amide bonds. The summed E-state index contributed by atoms with van der Waals surface area (Å²) in [4.78, 5) is 11.9. The number of hydrogen-bond acceptors (Lipinski definition) is 4. The van der Waals surface area contributed by atoms with Gasteiger partial charge in [0.1, 0.15) is 12.1 Å². The van der Waals surface area contributed by atoms with Crippen LogP contribution in [-0.4, -0.2) is 37.3 Å². The van der Waals surface area contributed by atoms with Crippen molar-refractivity contribution in [1.29, 1.82) is 0 Å². The zero-order valence-corrected chi connectivity index (χ0v) is 26.3. The fourth-order valence-corrected chi connectivity index (χ4v) is 7.27. The van der Waals surface area contributed by atoms with E-state index in [0.29, 0.717) is 25.0 Å². The minimum Gasteiger partial charge on any atom is -0.382 e. The van der Waals surface area contributed by atoms with E-state index in [1.165, 1.54) is 28.4 Å². The number of halogens is 1. The molecule has 48 heavy (non-hydrogen) atoms. The molecule has 236 valence electrons. The molecule has 1 atom stereocenters. The van der Waals surface area contributed by atoms with Crippen molar-refractivity contribution >= 4 is 44.1 Å². The van der Waals surface area contributed by atoms with Gasteiger partial charge in [-0.15, -0.1) is 0 Å². The molecule has 0 aliphatic heterocycles. The Morgan fingerprint density at radius 1 is 0.792 bits per heavy atom. The zero-order valence-electron chi connectivity index (χ0n) is 26.3. The molecule has 3 heterocycles. The Morgan fingerprint density at radius 3 is 2.50 bits per heavy atom. The van der Waals surface area contributed by atoms with E-state index in [2.05, 4.69) is 98.4 Å². The summed E-state index contributed by atoms with van der Waals surface area (Å²) < 4.78 is 16.0. The van der Waals surface area contributed by atoms with Crippen LogP contribution < -0.4 is 10.6 Å². The lowest BCUT2D eigenvalue weighted by Gasteiger charge is -2.24. The van der Waals surface area contributed by atoms with E-state index >= 15 is 0 Å². The summed E-state index contributed by atoms with van der Waals surface area (Å²) in [6.45, 7) is 1.26. The van der Waals surface area contributed by atoms with Crippen LogP contribution in [0.4, 0.5) is 15.8 Å². The van der Waals surface area contributed by atoms with Gasteiger partial charge >= 0.3 is 0 Å². The average molecular weight is 632 g/mol. The molecule has 9 rings (SSSR count). The number of nitrogens with one attached hydrogen (secondary N) is 4. The van der Waals surface area contributed by atoms with E-state index in [-0.39, 0.29) is 5.82 Å². The maximum atomic E-state index is 14.2. The number of benzene rings is 5. The molecule has 0 saturated carbocycles. The van der Waals surface area contributed by atoms with Gasteiger partial charge in [0.25, 0.3) is 0 Å². The van der Waals surface area contributed by atoms with E-state index in [0.717, 1.165) is 69.0 Å². The molecule has 7 nitrogen and oxygen atoms in total. The van der Waals surface area contributed by atoms with Gasteiger partial charge in [-0.05, 0) is 66.8 Å². The molecule has 0 saturated heterocycles. The third-order valence-electron chi connectivity index (χ3n) is 9.59. The van der Waals surface area contributed by atoms with Crippen LogP contribution in [-0.2, 0) is 19.4 Å².